The van der Waals surface area contributed by atoms with Gasteiger partial charge in [-0.25, -0.2) is 17.3 Å². The lowest BCUT2D eigenvalue weighted by Gasteiger charge is -2.27. The Morgan fingerprint density at radius 3 is 2.29 bits per heavy atom. The third-order valence-corrected chi connectivity index (χ3v) is 7.87. The Morgan fingerprint density at radius 2 is 1.71 bits per heavy atom. The molecule has 1 aliphatic rings. The Hall–Kier alpha value is -1.22. The molecule has 13 heteroatoms. The van der Waals surface area contributed by atoms with Crippen LogP contribution >= 0.6 is 0 Å². The average Bonchev–Trinajstić information content (AvgIpc) is 2.67. The second-order valence-corrected chi connectivity index (χ2v) is 12.9. The molecule has 1 fully saturated rings. The fraction of sp³-hybridized carbons (Fsp3) is 0.611. The summed E-state index contributed by atoms with van der Waals surface area (Å²) in [5.74, 6) is 0. The minimum atomic E-state index is -3.51. The quantitative estimate of drug-likeness (QED) is 0.236. The second kappa shape index (κ2) is 11.6. The highest BCUT2D eigenvalue weighted by Gasteiger charge is 2.14. The first-order valence-electron chi connectivity index (χ1n) is 9.81. The van der Waals surface area contributed by atoms with Crippen molar-refractivity contribution in [2.24, 2.45) is 0 Å². The van der Waals surface area contributed by atoms with Crippen LogP contribution < -0.4 is 9.44 Å². The maximum Gasteiger partial charge on any atom is 0.264 e. The van der Waals surface area contributed by atoms with E-state index in [4.69, 9.17) is 8.92 Å². The first-order chi connectivity index (χ1) is 14.5. The van der Waals surface area contributed by atoms with Crippen molar-refractivity contribution >= 4 is 40.9 Å². The SMILES string of the molecule is CS(=O)(=O)Nc1ccc(S(=O)(=CCCCOS(C)(=O)=O)NCCN2CCOCC2)cc1. The van der Waals surface area contributed by atoms with Crippen molar-refractivity contribution in [3.63, 3.8) is 0 Å². The fourth-order valence-corrected chi connectivity index (χ4v) is 5.80. The Balaban J connectivity index is 2.09. The van der Waals surface area contributed by atoms with Gasteiger partial charge in [-0.15, -0.1) is 0 Å². The monoisotopic (exact) mass is 497 g/mol. The summed E-state index contributed by atoms with van der Waals surface area (Å²) in [7, 11) is -9.68. The number of unbranched alkanes of at least 4 members (excludes halogenated alkanes) is 1. The van der Waals surface area contributed by atoms with E-state index in [1.807, 2.05) is 0 Å². The molecule has 0 saturated carbocycles. The smallest absolute Gasteiger partial charge is 0.264 e. The predicted molar refractivity (Wildman–Crippen MR) is 123 cm³/mol. The van der Waals surface area contributed by atoms with Crippen LogP contribution in [0.25, 0.3) is 0 Å². The number of hydrogen-bond acceptors (Lipinski definition) is 8. The zero-order valence-corrected chi connectivity index (χ0v) is 20.2. The van der Waals surface area contributed by atoms with E-state index in [1.165, 1.54) is 0 Å². The van der Waals surface area contributed by atoms with E-state index >= 15 is 0 Å². The highest BCUT2D eigenvalue weighted by atomic mass is 32.2. The number of anilines is 1. The van der Waals surface area contributed by atoms with Crippen molar-refractivity contribution in [3.05, 3.63) is 24.3 Å². The van der Waals surface area contributed by atoms with Gasteiger partial charge in [0.05, 0.1) is 42.0 Å². The molecule has 0 spiro atoms. The molecule has 31 heavy (non-hydrogen) atoms. The Bertz CT molecular complexity index is 1030. The summed E-state index contributed by atoms with van der Waals surface area (Å²) < 4.78 is 74.2. The lowest BCUT2D eigenvalue weighted by molar-refractivity contribution is 0.0390. The number of rotatable bonds is 12. The molecule has 178 valence electrons. The van der Waals surface area contributed by atoms with Gasteiger partial charge in [0.25, 0.3) is 10.1 Å². The molecule has 1 aromatic carbocycles. The van der Waals surface area contributed by atoms with E-state index in [0.29, 0.717) is 49.7 Å². The highest BCUT2D eigenvalue weighted by molar-refractivity contribution is 7.99. The van der Waals surface area contributed by atoms with Crippen molar-refractivity contribution in [1.82, 2.24) is 9.62 Å². The van der Waals surface area contributed by atoms with Gasteiger partial charge in [-0.2, -0.15) is 8.42 Å². The largest absolute Gasteiger partial charge is 0.379 e. The minimum absolute atomic E-state index is 0.00977. The molecule has 1 aliphatic heterocycles. The molecule has 0 amide bonds. The van der Waals surface area contributed by atoms with Gasteiger partial charge in [0, 0.05) is 36.8 Å². The maximum atomic E-state index is 13.7. The van der Waals surface area contributed by atoms with Crippen LogP contribution in [0, 0.1) is 0 Å². The summed E-state index contributed by atoms with van der Waals surface area (Å²) in [6.07, 6.45) is 2.81. The zero-order chi connectivity index (χ0) is 23.0. The first-order valence-corrected chi connectivity index (χ1v) is 15.1. The molecular formula is C18H31N3O7S3. The second-order valence-electron chi connectivity index (χ2n) is 7.18. The molecule has 0 bridgehead atoms. The van der Waals surface area contributed by atoms with Gasteiger partial charge in [-0.05, 0) is 42.5 Å². The van der Waals surface area contributed by atoms with Crippen LogP contribution in [0.5, 0.6) is 0 Å². The number of hydrogen-bond donors (Lipinski definition) is 2. The predicted octanol–water partition coefficient (Wildman–Crippen LogP) is 0.0968. The lowest BCUT2D eigenvalue weighted by Crippen LogP contribution is -2.41. The lowest BCUT2D eigenvalue weighted by atomic mass is 10.3. The topological polar surface area (TPSA) is 131 Å². The van der Waals surface area contributed by atoms with Gasteiger partial charge in [-0.1, -0.05) is 0 Å². The molecule has 0 aliphatic carbocycles. The van der Waals surface area contributed by atoms with Crippen LogP contribution in [0.4, 0.5) is 5.69 Å². The molecule has 1 aromatic rings. The number of nitrogens with one attached hydrogen (secondary N) is 2. The standard InChI is InChI=1S/C18H31N3O7S3/c1-29(22,23)20-17-5-7-18(8-6-17)31(26,16-4-3-13-28-30(2,24)25)19-9-10-21-11-14-27-15-12-21/h5-8,16,20H,3-4,9-15H2,1-2H3,(H,19,26). The van der Waals surface area contributed by atoms with Gasteiger partial charge in [0.2, 0.25) is 10.0 Å². The van der Waals surface area contributed by atoms with Crippen LogP contribution in [0.15, 0.2) is 29.2 Å². The summed E-state index contributed by atoms with van der Waals surface area (Å²) >= 11 is 0. The number of morpholine rings is 1. The first kappa shape index (κ1) is 26.0. The van der Waals surface area contributed by atoms with E-state index in [2.05, 4.69) is 14.3 Å². The fourth-order valence-electron chi connectivity index (χ4n) is 2.90. The number of ether oxygens (including phenoxy) is 1. The molecule has 2 N–H and O–H groups in total. The molecule has 1 saturated heterocycles. The van der Waals surface area contributed by atoms with Crippen molar-refractivity contribution in [3.8, 4) is 0 Å². The van der Waals surface area contributed by atoms with Gasteiger partial charge in [-0.3, -0.25) is 13.8 Å². The summed E-state index contributed by atoms with van der Waals surface area (Å²) in [5.41, 5.74) is 0.378. The van der Waals surface area contributed by atoms with E-state index in [1.54, 1.807) is 29.6 Å². The van der Waals surface area contributed by atoms with Crippen LogP contribution in [0.3, 0.4) is 0 Å². The normalized spacial score (nSPS) is 17.7. The van der Waals surface area contributed by atoms with Crippen molar-refractivity contribution in [1.29, 1.82) is 0 Å². The molecule has 10 nitrogen and oxygen atoms in total. The Labute approximate surface area is 185 Å². The zero-order valence-electron chi connectivity index (χ0n) is 17.8. The van der Waals surface area contributed by atoms with E-state index < -0.39 is 29.8 Å². The Morgan fingerprint density at radius 1 is 1.06 bits per heavy atom. The molecule has 1 unspecified atom stereocenters. The summed E-state index contributed by atoms with van der Waals surface area (Å²) in [6, 6.07) is 6.34. The molecule has 1 atom stereocenters. The van der Waals surface area contributed by atoms with Gasteiger partial charge >= 0.3 is 0 Å². The van der Waals surface area contributed by atoms with Gasteiger partial charge in [0.1, 0.15) is 0 Å². The van der Waals surface area contributed by atoms with Crippen LogP contribution in [0.2, 0.25) is 0 Å². The van der Waals surface area contributed by atoms with Crippen LogP contribution in [-0.2, 0) is 38.8 Å². The number of benzene rings is 1. The summed E-state index contributed by atoms with van der Waals surface area (Å²) in [4.78, 5) is 2.73. The van der Waals surface area contributed by atoms with Gasteiger partial charge < -0.3 is 4.74 Å². The van der Waals surface area contributed by atoms with Crippen molar-refractivity contribution < 1.29 is 30.0 Å². The number of nitrogens with zero attached hydrogens (tertiary/aromatic N) is 1. The highest BCUT2D eigenvalue weighted by Crippen LogP contribution is 2.16. The van der Waals surface area contributed by atoms with Crippen LogP contribution in [-0.4, -0.2) is 89.8 Å². The minimum Gasteiger partial charge on any atom is -0.379 e. The van der Waals surface area contributed by atoms with E-state index in [-0.39, 0.29) is 6.61 Å². The maximum absolute atomic E-state index is 13.7. The molecule has 0 aromatic heterocycles. The number of sulfonamides is 1. The van der Waals surface area contributed by atoms with E-state index in [9.17, 15) is 21.0 Å². The summed E-state index contributed by atoms with van der Waals surface area (Å²) in [6.45, 7) is 4.20. The molecule has 2 rings (SSSR count). The summed E-state index contributed by atoms with van der Waals surface area (Å²) in [5, 5.41) is 1.64. The third-order valence-electron chi connectivity index (χ3n) is 4.35. The van der Waals surface area contributed by atoms with Crippen molar-refractivity contribution in [2.45, 2.75) is 17.7 Å². The van der Waals surface area contributed by atoms with E-state index in [0.717, 1.165) is 25.6 Å². The molecule has 1 heterocycles. The average molecular weight is 498 g/mol. The van der Waals surface area contributed by atoms with Gasteiger partial charge in [0.15, 0.2) is 0 Å². The Kier molecular flexibility index (Phi) is 9.73. The van der Waals surface area contributed by atoms with Crippen LogP contribution in [0.1, 0.15) is 12.8 Å². The molecular weight excluding hydrogens is 466 g/mol. The third kappa shape index (κ3) is 10.3. The molecule has 0 radical (unpaired) electrons. The van der Waals surface area contributed by atoms with Crippen molar-refractivity contribution in [2.75, 3.05) is 63.2 Å².